The molecule has 0 saturated carbocycles. The molecule has 8 nitrogen and oxygen atoms in total. The quantitative estimate of drug-likeness (QED) is 0.391. The van der Waals surface area contributed by atoms with E-state index in [-0.39, 0.29) is 32.7 Å². The summed E-state index contributed by atoms with van der Waals surface area (Å²) in [5, 5.41) is 11.0. The number of benzene rings is 1. The molecule has 1 aromatic heterocycles. The monoisotopic (exact) mass is 571 g/mol. The minimum atomic E-state index is -4.55. The highest BCUT2D eigenvalue weighted by atomic mass is 32.1. The summed E-state index contributed by atoms with van der Waals surface area (Å²) in [6.07, 6.45) is -8.84. The predicted octanol–water partition coefficient (Wildman–Crippen LogP) is 4.43. The number of rotatable bonds is 7. The van der Waals surface area contributed by atoms with Crippen LogP contribution >= 0.6 is 11.3 Å². The number of piperidine rings is 1. The van der Waals surface area contributed by atoms with Crippen molar-refractivity contribution < 1.29 is 41.8 Å². The van der Waals surface area contributed by atoms with Crippen LogP contribution in [0.1, 0.15) is 63.5 Å². The normalized spacial score (nSPS) is 19.2. The first-order chi connectivity index (χ1) is 18.4. The SMILES string of the molecule is CC(=O)OC1CCN(C(=O)c2sc3c(c2C)C(=O)N(CC(F)c2ccccc2)C(O)N3CCC(F)(F)F)CC1. The second-order valence-electron chi connectivity index (χ2n) is 9.58. The highest BCUT2D eigenvalue weighted by Gasteiger charge is 2.43. The fourth-order valence-corrected chi connectivity index (χ4v) is 6.12. The van der Waals surface area contributed by atoms with E-state index in [0.29, 0.717) is 25.9 Å². The van der Waals surface area contributed by atoms with Crippen LogP contribution in [0.25, 0.3) is 0 Å². The molecule has 39 heavy (non-hydrogen) atoms. The van der Waals surface area contributed by atoms with E-state index in [1.807, 2.05) is 0 Å². The van der Waals surface area contributed by atoms with E-state index in [1.54, 1.807) is 18.2 Å². The van der Waals surface area contributed by atoms with Crippen molar-refractivity contribution in [3.8, 4) is 0 Å². The minimum Gasteiger partial charge on any atom is -0.462 e. The van der Waals surface area contributed by atoms with E-state index in [9.17, 15) is 32.7 Å². The van der Waals surface area contributed by atoms with Crippen molar-refractivity contribution in [3.05, 3.63) is 51.9 Å². The molecule has 2 aromatic rings. The van der Waals surface area contributed by atoms with Gasteiger partial charge in [-0.1, -0.05) is 30.3 Å². The maximum absolute atomic E-state index is 15.1. The van der Waals surface area contributed by atoms with Crippen LogP contribution < -0.4 is 4.90 Å². The van der Waals surface area contributed by atoms with E-state index >= 15 is 4.39 Å². The minimum absolute atomic E-state index is 0.0223. The molecular formula is C26H29F4N3O5S. The Morgan fingerprint density at radius 3 is 2.38 bits per heavy atom. The summed E-state index contributed by atoms with van der Waals surface area (Å²) in [5.74, 6) is -1.59. The number of likely N-dealkylation sites (tertiary alicyclic amines) is 1. The zero-order chi connectivity index (χ0) is 28.5. The lowest BCUT2D eigenvalue weighted by Crippen LogP contribution is -2.56. The molecule has 4 rings (SSSR count). The van der Waals surface area contributed by atoms with Crippen molar-refractivity contribution in [2.45, 2.75) is 57.9 Å². The van der Waals surface area contributed by atoms with Crippen LogP contribution in [0.2, 0.25) is 0 Å². The Morgan fingerprint density at radius 2 is 1.79 bits per heavy atom. The molecule has 2 aliphatic heterocycles. The first-order valence-corrected chi connectivity index (χ1v) is 13.3. The zero-order valence-corrected chi connectivity index (χ0v) is 22.2. The van der Waals surface area contributed by atoms with Crippen LogP contribution in [0.5, 0.6) is 0 Å². The molecule has 2 atom stereocenters. The van der Waals surface area contributed by atoms with Crippen LogP contribution in [0.3, 0.4) is 0 Å². The standard InChI is InChI=1S/C26H29F4N3O5S/c1-15-20-22(35)33(14-19(27)17-6-4-3-5-7-17)25(37)32(13-10-26(28,29)30)24(20)39-21(15)23(36)31-11-8-18(9-12-31)38-16(2)34/h3-7,18-19,25,37H,8-14H2,1-2H3. The van der Waals surface area contributed by atoms with E-state index < -0.39 is 56.0 Å². The Morgan fingerprint density at radius 1 is 1.15 bits per heavy atom. The number of aliphatic hydroxyl groups excluding tert-OH is 1. The van der Waals surface area contributed by atoms with Crippen molar-refractivity contribution in [1.29, 1.82) is 0 Å². The fourth-order valence-electron chi connectivity index (χ4n) is 4.81. The third-order valence-corrected chi connectivity index (χ3v) is 8.15. The summed E-state index contributed by atoms with van der Waals surface area (Å²) >= 11 is 0.839. The topological polar surface area (TPSA) is 90.4 Å². The predicted molar refractivity (Wildman–Crippen MR) is 135 cm³/mol. The molecule has 0 bridgehead atoms. The number of alkyl halides is 4. The molecular weight excluding hydrogens is 542 g/mol. The van der Waals surface area contributed by atoms with Gasteiger partial charge >= 0.3 is 12.1 Å². The summed E-state index contributed by atoms with van der Waals surface area (Å²) in [4.78, 5) is 41.6. The summed E-state index contributed by atoms with van der Waals surface area (Å²) < 4.78 is 59.8. The smallest absolute Gasteiger partial charge is 0.390 e. The van der Waals surface area contributed by atoms with Crippen LogP contribution in [0.15, 0.2) is 30.3 Å². The van der Waals surface area contributed by atoms with Crippen molar-refractivity contribution in [1.82, 2.24) is 9.80 Å². The van der Waals surface area contributed by atoms with Gasteiger partial charge in [-0.05, 0) is 18.1 Å². The molecule has 1 aromatic carbocycles. The molecule has 1 fully saturated rings. The van der Waals surface area contributed by atoms with Crippen molar-refractivity contribution in [3.63, 3.8) is 0 Å². The number of amides is 2. The number of carbonyl (C=O) groups excluding carboxylic acids is 3. The Balaban J connectivity index is 1.63. The molecule has 2 aliphatic rings. The van der Waals surface area contributed by atoms with Gasteiger partial charge < -0.3 is 19.6 Å². The second-order valence-corrected chi connectivity index (χ2v) is 10.6. The van der Waals surface area contributed by atoms with Gasteiger partial charge in [0.15, 0.2) is 0 Å². The lowest BCUT2D eigenvalue weighted by atomic mass is 10.0. The average molecular weight is 572 g/mol. The Hall–Kier alpha value is -3.19. The van der Waals surface area contributed by atoms with E-state index in [1.165, 1.54) is 30.9 Å². The summed E-state index contributed by atoms with van der Waals surface area (Å²) in [5.41, 5.74) is 0.488. The molecule has 212 valence electrons. The molecule has 3 heterocycles. The number of hydrogen-bond acceptors (Lipinski definition) is 7. The maximum atomic E-state index is 15.1. The fraction of sp³-hybridized carbons (Fsp3) is 0.500. The second kappa shape index (κ2) is 11.5. The molecule has 2 amide bonds. The van der Waals surface area contributed by atoms with Crippen LogP contribution in [-0.2, 0) is 9.53 Å². The first kappa shape index (κ1) is 28.8. The number of hydrogen-bond donors (Lipinski definition) is 1. The highest BCUT2D eigenvalue weighted by Crippen LogP contribution is 2.43. The van der Waals surface area contributed by atoms with Crippen LogP contribution in [0, 0.1) is 6.92 Å². The number of nitrogens with zero attached hydrogens (tertiary/aromatic N) is 3. The average Bonchev–Trinajstić information content (AvgIpc) is 3.22. The summed E-state index contributed by atoms with van der Waals surface area (Å²) in [6.45, 7) is 2.13. The number of aliphatic hydroxyl groups is 1. The molecule has 0 aliphatic carbocycles. The Labute approximate surface area is 226 Å². The Bertz CT molecular complexity index is 1210. The van der Waals surface area contributed by atoms with Gasteiger partial charge in [0.1, 0.15) is 17.3 Å². The van der Waals surface area contributed by atoms with Gasteiger partial charge in [0.05, 0.1) is 23.4 Å². The van der Waals surface area contributed by atoms with Crippen LogP contribution in [-0.4, -0.2) is 77.5 Å². The van der Waals surface area contributed by atoms with Crippen molar-refractivity contribution >= 4 is 34.1 Å². The lowest BCUT2D eigenvalue weighted by Gasteiger charge is -2.41. The third-order valence-electron chi connectivity index (χ3n) is 6.83. The van der Waals surface area contributed by atoms with Gasteiger partial charge in [-0.3, -0.25) is 19.3 Å². The molecule has 0 radical (unpaired) electrons. The molecule has 1 N–H and O–H groups in total. The van der Waals surface area contributed by atoms with E-state index in [4.69, 9.17) is 4.74 Å². The van der Waals surface area contributed by atoms with E-state index in [2.05, 4.69) is 0 Å². The van der Waals surface area contributed by atoms with Gasteiger partial charge in [0.2, 0.25) is 6.35 Å². The first-order valence-electron chi connectivity index (χ1n) is 12.5. The number of fused-ring (bicyclic) bond motifs is 1. The van der Waals surface area contributed by atoms with Gasteiger partial charge in [0.25, 0.3) is 11.8 Å². The lowest BCUT2D eigenvalue weighted by molar-refractivity contribution is -0.148. The zero-order valence-electron chi connectivity index (χ0n) is 21.4. The molecule has 1 saturated heterocycles. The Kier molecular flexibility index (Phi) is 8.50. The summed E-state index contributed by atoms with van der Waals surface area (Å²) in [6, 6.07) is 7.93. The molecule has 0 spiro atoms. The maximum Gasteiger partial charge on any atom is 0.390 e. The number of thiophene rings is 1. The van der Waals surface area contributed by atoms with Gasteiger partial charge in [-0.15, -0.1) is 11.3 Å². The summed E-state index contributed by atoms with van der Waals surface area (Å²) in [7, 11) is 0. The number of halogens is 4. The largest absolute Gasteiger partial charge is 0.462 e. The van der Waals surface area contributed by atoms with Crippen molar-refractivity contribution in [2.24, 2.45) is 0 Å². The molecule has 2 unspecified atom stereocenters. The van der Waals surface area contributed by atoms with Gasteiger partial charge in [0, 0.05) is 39.4 Å². The number of carbonyl (C=O) groups is 3. The molecule has 13 heteroatoms. The number of esters is 1. The number of ether oxygens (including phenoxy) is 1. The third kappa shape index (κ3) is 6.35. The van der Waals surface area contributed by atoms with Gasteiger partial charge in [-0.25, -0.2) is 4.39 Å². The van der Waals surface area contributed by atoms with Gasteiger partial charge in [-0.2, -0.15) is 13.2 Å². The van der Waals surface area contributed by atoms with Crippen LogP contribution in [0.4, 0.5) is 22.6 Å². The highest BCUT2D eigenvalue weighted by molar-refractivity contribution is 7.18. The number of anilines is 1. The van der Waals surface area contributed by atoms with E-state index in [0.717, 1.165) is 21.1 Å². The van der Waals surface area contributed by atoms with Crippen molar-refractivity contribution in [2.75, 3.05) is 31.1 Å².